The van der Waals surface area contributed by atoms with Gasteiger partial charge in [-0.25, -0.2) is 4.39 Å². The molecule has 190 valence electrons. The number of rotatable bonds is 5. The van der Waals surface area contributed by atoms with E-state index in [4.69, 9.17) is 0 Å². The Morgan fingerprint density at radius 1 is 0.744 bits per heavy atom. The molecule has 0 saturated carbocycles. The molecular weight excluding hydrogens is 485 g/mol. The molecule has 1 aliphatic heterocycles. The largest absolute Gasteiger partial charge is 0.371 e. The molecule has 3 heterocycles. The Labute approximate surface area is 225 Å². The number of anilines is 1. The standard InChI is InChI=1S/C34H26FN3O/c35-25-18-16-24(17-19-25)33(39)30-29(32(23-12-5-2-6-13-23)38-21-9-20-36-34(30)38)28-26-14-7-8-15-27(26)37-31(28)22-10-3-1-4-11-22/h1-8,10-19,36-37H,9,20-21H2. The second-order valence-corrected chi connectivity index (χ2v) is 9.87. The summed E-state index contributed by atoms with van der Waals surface area (Å²) in [5.74, 6) is 0.320. The summed E-state index contributed by atoms with van der Waals surface area (Å²) < 4.78 is 16.1. The Morgan fingerprint density at radius 2 is 1.41 bits per heavy atom. The van der Waals surface area contributed by atoms with E-state index in [0.717, 1.165) is 69.9 Å². The third kappa shape index (κ3) is 3.86. The van der Waals surface area contributed by atoms with Crippen LogP contribution >= 0.6 is 0 Å². The fourth-order valence-corrected chi connectivity index (χ4v) is 5.80. The molecule has 4 nitrogen and oxygen atoms in total. The van der Waals surface area contributed by atoms with E-state index in [1.54, 1.807) is 12.1 Å². The lowest BCUT2D eigenvalue weighted by molar-refractivity contribution is 0.104. The van der Waals surface area contributed by atoms with Crippen molar-refractivity contribution in [2.45, 2.75) is 13.0 Å². The number of nitrogens with one attached hydrogen (secondary N) is 2. The van der Waals surface area contributed by atoms with E-state index in [9.17, 15) is 9.18 Å². The molecule has 0 amide bonds. The van der Waals surface area contributed by atoms with Crippen LogP contribution in [0.15, 0.2) is 109 Å². The Balaban J connectivity index is 1.63. The van der Waals surface area contributed by atoms with Gasteiger partial charge in [-0.1, -0.05) is 78.9 Å². The zero-order chi connectivity index (χ0) is 26.3. The summed E-state index contributed by atoms with van der Waals surface area (Å²) in [5, 5.41) is 4.60. The van der Waals surface area contributed by atoms with Crippen molar-refractivity contribution in [3.05, 3.63) is 126 Å². The number of aromatic nitrogens is 2. The van der Waals surface area contributed by atoms with Crippen molar-refractivity contribution in [2.75, 3.05) is 11.9 Å². The van der Waals surface area contributed by atoms with E-state index >= 15 is 0 Å². The number of carbonyl (C=O) groups is 1. The minimum Gasteiger partial charge on any atom is -0.371 e. The van der Waals surface area contributed by atoms with Crippen molar-refractivity contribution >= 4 is 22.5 Å². The van der Waals surface area contributed by atoms with E-state index in [-0.39, 0.29) is 11.6 Å². The minimum absolute atomic E-state index is 0.130. The molecular formula is C34H26FN3O. The number of halogens is 1. The first-order valence-corrected chi connectivity index (χ1v) is 13.2. The van der Waals surface area contributed by atoms with Gasteiger partial charge in [0.1, 0.15) is 11.6 Å². The predicted octanol–water partition coefficient (Wildman–Crippen LogP) is 8.16. The number of para-hydroxylation sites is 1. The molecule has 4 aromatic carbocycles. The van der Waals surface area contributed by atoms with Crippen molar-refractivity contribution in [3.8, 4) is 33.6 Å². The van der Waals surface area contributed by atoms with Crippen LogP contribution in [0.2, 0.25) is 0 Å². The Kier molecular flexibility index (Phi) is 5.63. The van der Waals surface area contributed by atoms with Crippen LogP contribution in [0.5, 0.6) is 0 Å². The number of fused-ring (bicyclic) bond motifs is 2. The summed E-state index contributed by atoms with van der Waals surface area (Å²) in [6, 6.07) is 34.6. The average Bonchev–Trinajstić information content (AvgIpc) is 3.54. The summed E-state index contributed by atoms with van der Waals surface area (Å²) in [4.78, 5) is 18.0. The van der Waals surface area contributed by atoms with Crippen LogP contribution in [0.4, 0.5) is 10.2 Å². The Bertz CT molecular complexity index is 1820. The first-order chi connectivity index (χ1) is 19.2. The van der Waals surface area contributed by atoms with Gasteiger partial charge >= 0.3 is 0 Å². The number of carbonyl (C=O) groups excluding carboxylic acids is 1. The highest BCUT2D eigenvalue weighted by atomic mass is 19.1. The molecule has 2 N–H and O–H groups in total. The Hall–Kier alpha value is -4.90. The summed E-state index contributed by atoms with van der Waals surface area (Å²) in [5.41, 5.74) is 8.00. The molecule has 0 saturated heterocycles. The van der Waals surface area contributed by atoms with Gasteiger partial charge in [0.2, 0.25) is 0 Å². The number of nitrogens with zero attached hydrogens (tertiary/aromatic N) is 1. The van der Waals surface area contributed by atoms with Crippen LogP contribution < -0.4 is 5.32 Å². The summed E-state index contributed by atoms with van der Waals surface area (Å²) >= 11 is 0. The number of H-pyrrole nitrogens is 1. The highest BCUT2D eigenvalue weighted by Gasteiger charge is 2.33. The van der Waals surface area contributed by atoms with Gasteiger partial charge in [-0.05, 0) is 47.9 Å². The molecule has 6 aromatic rings. The maximum absolute atomic E-state index is 14.4. The van der Waals surface area contributed by atoms with Crippen molar-refractivity contribution in [1.82, 2.24) is 9.55 Å². The van der Waals surface area contributed by atoms with Crippen LogP contribution in [-0.4, -0.2) is 21.9 Å². The summed E-state index contributed by atoms with van der Waals surface area (Å²) in [6.07, 6.45) is 0.949. The normalized spacial score (nSPS) is 12.7. The van der Waals surface area contributed by atoms with Crippen LogP contribution in [0.1, 0.15) is 22.3 Å². The van der Waals surface area contributed by atoms with Crippen LogP contribution in [0.25, 0.3) is 44.5 Å². The van der Waals surface area contributed by atoms with Gasteiger partial charge in [0.05, 0.1) is 17.0 Å². The van der Waals surface area contributed by atoms with Crippen molar-refractivity contribution in [2.24, 2.45) is 0 Å². The number of benzene rings is 4. The maximum Gasteiger partial charge on any atom is 0.197 e. The topological polar surface area (TPSA) is 49.8 Å². The molecule has 1 aliphatic rings. The van der Waals surface area contributed by atoms with Gasteiger partial charge in [-0.2, -0.15) is 0 Å². The molecule has 2 aromatic heterocycles. The minimum atomic E-state index is -0.364. The van der Waals surface area contributed by atoms with Gasteiger partial charge < -0.3 is 14.9 Å². The molecule has 0 fully saturated rings. The number of hydrogen-bond donors (Lipinski definition) is 2. The van der Waals surface area contributed by atoms with Crippen LogP contribution in [-0.2, 0) is 6.54 Å². The monoisotopic (exact) mass is 511 g/mol. The Morgan fingerprint density at radius 3 is 2.15 bits per heavy atom. The van der Waals surface area contributed by atoms with Gasteiger partial charge in [-0.15, -0.1) is 0 Å². The van der Waals surface area contributed by atoms with Gasteiger partial charge in [0.25, 0.3) is 0 Å². The van der Waals surface area contributed by atoms with Crippen molar-refractivity contribution < 1.29 is 9.18 Å². The molecule has 0 radical (unpaired) electrons. The number of hydrogen-bond acceptors (Lipinski definition) is 2. The SMILES string of the molecule is O=C(c1ccc(F)cc1)c1c(-c2c(-c3ccccc3)[nH]c3ccccc23)c(-c2ccccc2)n2c1NCCC2. The summed E-state index contributed by atoms with van der Waals surface area (Å²) in [7, 11) is 0. The third-order valence-corrected chi connectivity index (χ3v) is 7.51. The van der Waals surface area contributed by atoms with E-state index in [2.05, 4.69) is 51.3 Å². The van der Waals surface area contributed by atoms with E-state index in [1.807, 2.05) is 48.5 Å². The third-order valence-electron chi connectivity index (χ3n) is 7.51. The molecule has 0 bridgehead atoms. The molecule has 0 atom stereocenters. The van der Waals surface area contributed by atoms with Gasteiger partial charge in [0, 0.05) is 40.7 Å². The molecule has 7 rings (SSSR count). The zero-order valence-corrected chi connectivity index (χ0v) is 21.2. The molecule has 39 heavy (non-hydrogen) atoms. The van der Waals surface area contributed by atoms with Gasteiger partial charge in [0.15, 0.2) is 5.78 Å². The van der Waals surface area contributed by atoms with Crippen LogP contribution in [0.3, 0.4) is 0 Å². The van der Waals surface area contributed by atoms with E-state index < -0.39 is 0 Å². The first kappa shape index (κ1) is 23.2. The lowest BCUT2D eigenvalue weighted by Gasteiger charge is -2.20. The fourth-order valence-electron chi connectivity index (χ4n) is 5.80. The lowest BCUT2D eigenvalue weighted by atomic mass is 9.90. The van der Waals surface area contributed by atoms with Crippen LogP contribution in [0, 0.1) is 5.82 Å². The highest BCUT2D eigenvalue weighted by molar-refractivity contribution is 6.21. The van der Waals surface area contributed by atoms with Gasteiger partial charge in [-0.3, -0.25) is 4.79 Å². The number of ketones is 1. The second-order valence-electron chi connectivity index (χ2n) is 9.87. The second kappa shape index (κ2) is 9.44. The maximum atomic E-state index is 14.4. The van der Waals surface area contributed by atoms with Crippen molar-refractivity contribution in [3.63, 3.8) is 0 Å². The van der Waals surface area contributed by atoms with E-state index in [0.29, 0.717) is 11.1 Å². The fraction of sp³-hybridized carbons (Fsp3) is 0.0882. The molecule has 0 spiro atoms. The number of aromatic amines is 1. The predicted molar refractivity (Wildman–Crippen MR) is 156 cm³/mol. The summed E-state index contributed by atoms with van der Waals surface area (Å²) in [6.45, 7) is 1.57. The lowest BCUT2D eigenvalue weighted by Crippen LogP contribution is -2.19. The van der Waals surface area contributed by atoms with E-state index in [1.165, 1.54) is 12.1 Å². The molecule has 5 heteroatoms. The quantitative estimate of drug-likeness (QED) is 0.229. The first-order valence-electron chi connectivity index (χ1n) is 13.2. The smallest absolute Gasteiger partial charge is 0.197 e. The van der Waals surface area contributed by atoms with Crippen molar-refractivity contribution in [1.29, 1.82) is 0 Å². The molecule has 0 aliphatic carbocycles. The zero-order valence-electron chi connectivity index (χ0n) is 21.2. The average molecular weight is 512 g/mol. The highest BCUT2D eigenvalue weighted by Crippen LogP contribution is 2.49. The molecule has 0 unspecified atom stereocenters.